The minimum atomic E-state index is -0.494. The zero-order chi connectivity index (χ0) is 18.9. The van der Waals surface area contributed by atoms with E-state index in [0.29, 0.717) is 5.92 Å². The molecule has 140 valence electrons. The molecule has 1 atom stereocenters. The maximum atomic E-state index is 2.37. The number of hydrogen-bond donors (Lipinski definition) is 0. The van der Waals surface area contributed by atoms with Crippen LogP contribution in [0, 0.1) is 0 Å². The van der Waals surface area contributed by atoms with Gasteiger partial charge in [-0.05, 0) is 41.7 Å². The lowest BCUT2D eigenvalue weighted by atomic mass is 9.95. The van der Waals surface area contributed by atoms with Gasteiger partial charge < -0.3 is 0 Å². The largest absolute Gasteiger partial charge is 0.0654 e. The van der Waals surface area contributed by atoms with Crippen LogP contribution in [0.1, 0.15) is 57.4 Å². The van der Waals surface area contributed by atoms with Gasteiger partial charge in [-0.25, -0.2) is 0 Å². The molecular weight excluding hydrogens is 343 g/mol. The van der Waals surface area contributed by atoms with Crippen LogP contribution in [0.15, 0.2) is 84.9 Å². The summed E-state index contributed by atoms with van der Waals surface area (Å²) in [5, 5.41) is 4.27. The molecule has 0 bridgehead atoms. The Morgan fingerprint density at radius 3 is 1.67 bits per heavy atom. The zero-order valence-electron chi connectivity index (χ0n) is 16.6. The fourth-order valence-corrected chi connectivity index (χ4v) is 5.88. The molecule has 0 saturated carbocycles. The molecule has 0 fully saturated rings. The summed E-state index contributed by atoms with van der Waals surface area (Å²) in [6.07, 6.45) is 6.69. The molecule has 3 aromatic carbocycles. The minimum absolute atomic E-state index is 0.494. The van der Waals surface area contributed by atoms with Crippen molar-refractivity contribution in [3.05, 3.63) is 90.5 Å². The van der Waals surface area contributed by atoms with E-state index in [0.717, 1.165) is 0 Å². The van der Waals surface area contributed by atoms with Crippen LogP contribution in [0.4, 0.5) is 0 Å². The molecular formula is C26H31P. The third-order valence-electron chi connectivity index (χ3n) is 5.24. The lowest BCUT2D eigenvalue weighted by molar-refractivity contribution is 0.580. The first-order valence-corrected chi connectivity index (χ1v) is 11.6. The third kappa shape index (κ3) is 5.53. The molecule has 1 heteroatoms. The van der Waals surface area contributed by atoms with E-state index in [-0.39, 0.29) is 0 Å². The lowest BCUT2D eigenvalue weighted by Crippen LogP contribution is -2.20. The molecule has 1 unspecified atom stereocenters. The van der Waals surface area contributed by atoms with Gasteiger partial charge in [0, 0.05) is 0 Å². The number of unbranched alkanes of at least 4 members (excludes halogenated alkanes) is 3. The highest BCUT2D eigenvalue weighted by atomic mass is 31.1. The van der Waals surface area contributed by atoms with E-state index in [2.05, 4.69) is 98.8 Å². The van der Waals surface area contributed by atoms with E-state index >= 15 is 0 Å². The van der Waals surface area contributed by atoms with E-state index in [4.69, 9.17) is 0 Å². The van der Waals surface area contributed by atoms with Crippen LogP contribution >= 0.6 is 7.92 Å². The second kappa shape index (κ2) is 10.4. The van der Waals surface area contributed by atoms with E-state index in [1.807, 2.05) is 0 Å². The van der Waals surface area contributed by atoms with Crippen LogP contribution in [0.25, 0.3) is 0 Å². The van der Waals surface area contributed by atoms with E-state index < -0.39 is 7.92 Å². The Kier molecular flexibility index (Phi) is 7.66. The summed E-state index contributed by atoms with van der Waals surface area (Å²) in [6, 6.07) is 31.3. The van der Waals surface area contributed by atoms with Gasteiger partial charge in [-0.15, -0.1) is 0 Å². The molecule has 0 aromatic heterocycles. The minimum Gasteiger partial charge on any atom is -0.0654 e. The topological polar surface area (TPSA) is 0 Å². The van der Waals surface area contributed by atoms with Crippen molar-refractivity contribution < 1.29 is 0 Å². The van der Waals surface area contributed by atoms with Gasteiger partial charge in [0.2, 0.25) is 0 Å². The first-order chi connectivity index (χ1) is 13.3. The zero-order valence-corrected chi connectivity index (χ0v) is 17.5. The van der Waals surface area contributed by atoms with E-state index in [1.54, 1.807) is 0 Å². The van der Waals surface area contributed by atoms with Crippen LogP contribution in [-0.2, 0) is 0 Å². The molecule has 27 heavy (non-hydrogen) atoms. The van der Waals surface area contributed by atoms with Crippen molar-refractivity contribution in [2.45, 2.75) is 51.9 Å². The third-order valence-corrected chi connectivity index (χ3v) is 7.68. The maximum Gasteiger partial charge on any atom is -0.0134 e. The molecule has 0 nitrogen and oxygen atoms in total. The molecule has 0 amide bonds. The van der Waals surface area contributed by atoms with E-state index in [9.17, 15) is 0 Å². The molecule has 0 radical (unpaired) electrons. The highest BCUT2D eigenvalue weighted by molar-refractivity contribution is 7.79. The number of benzene rings is 3. The summed E-state index contributed by atoms with van der Waals surface area (Å²) in [5.74, 6) is 0.649. The van der Waals surface area contributed by atoms with Gasteiger partial charge in [-0.1, -0.05) is 124 Å². The van der Waals surface area contributed by atoms with Gasteiger partial charge in [0.15, 0.2) is 0 Å². The SMILES string of the molecule is CCCCCCC(C)c1ccc(P(c2ccccc2)c2ccccc2)cc1. The lowest BCUT2D eigenvalue weighted by Gasteiger charge is -2.20. The molecule has 0 aliphatic carbocycles. The first kappa shape index (κ1) is 19.8. The molecule has 0 aliphatic rings. The number of rotatable bonds is 9. The highest BCUT2D eigenvalue weighted by Gasteiger charge is 2.16. The van der Waals surface area contributed by atoms with Crippen molar-refractivity contribution >= 4 is 23.8 Å². The van der Waals surface area contributed by atoms with Crippen LogP contribution in [0.2, 0.25) is 0 Å². The Morgan fingerprint density at radius 2 is 1.15 bits per heavy atom. The predicted molar refractivity (Wildman–Crippen MR) is 122 cm³/mol. The Morgan fingerprint density at radius 1 is 0.630 bits per heavy atom. The normalized spacial score (nSPS) is 12.3. The molecule has 3 aromatic rings. The van der Waals surface area contributed by atoms with Crippen molar-refractivity contribution in [3.63, 3.8) is 0 Å². The summed E-state index contributed by atoms with van der Waals surface area (Å²) in [6.45, 7) is 4.65. The first-order valence-electron chi connectivity index (χ1n) is 10.3. The van der Waals surface area contributed by atoms with Gasteiger partial charge in [0.1, 0.15) is 0 Å². The fourth-order valence-electron chi connectivity index (χ4n) is 3.60. The Labute approximate surface area is 166 Å². The van der Waals surface area contributed by atoms with Crippen molar-refractivity contribution in [2.75, 3.05) is 0 Å². The standard InChI is InChI=1S/C26H31P/c1-3-4-5-8-13-22(2)23-18-20-26(21-19-23)27(24-14-9-6-10-15-24)25-16-11-7-12-17-25/h6-7,9-12,14-22H,3-5,8,13H2,1-2H3. The Hall–Kier alpha value is -1.91. The smallest absolute Gasteiger partial charge is 0.0134 e. The Bertz CT molecular complexity index is 738. The fraction of sp³-hybridized carbons (Fsp3) is 0.308. The summed E-state index contributed by atoms with van der Waals surface area (Å²) >= 11 is 0. The number of hydrogen-bond acceptors (Lipinski definition) is 0. The van der Waals surface area contributed by atoms with E-state index in [1.165, 1.54) is 53.6 Å². The van der Waals surface area contributed by atoms with Gasteiger partial charge in [-0.2, -0.15) is 0 Å². The van der Waals surface area contributed by atoms with Crippen molar-refractivity contribution in [2.24, 2.45) is 0 Å². The highest BCUT2D eigenvalue weighted by Crippen LogP contribution is 2.33. The van der Waals surface area contributed by atoms with Crippen LogP contribution in [-0.4, -0.2) is 0 Å². The summed E-state index contributed by atoms with van der Waals surface area (Å²) in [4.78, 5) is 0. The Balaban J connectivity index is 1.80. The van der Waals surface area contributed by atoms with Crippen LogP contribution in [0.5, 0.6) is 0 Å². The van der Waals surface area contributed by atoms with Crippen molar-refractivity contribution in [3.8, 4) is 0 Å². The van der Waals surface area contributed by atoms with Gasteiger partial charge in [-0.3, -0.25) is 0 Å². The average molecular weight is 375 g/mol. The summed E-state index contributed by atoms with van der Waals surface area (Å²) < 4.78 is 0. The summed E-state index contributed by atoms with van der Waals surface area (Å²) in [5.41, 5.74) is 1.48. The quantitative estimate of drug-likeness (QED) is 0.295. The summed E-state index contributed by atoms with van der Waals surface area (Å²) in [7, 11) is -0.494. The van der Waals surface area contributed by atoms with Crippen LogP contribution < -0.4 is 15.9 Å². The van der Waals surface area contributed by atoms with Crippen LogP contribution in [0.3, 0.4) is 0 Å². The van der Waals surface area contributed by atoms with Gasteiger partial charge >= 0.3 is 0 Å². The second-order valence-corrected chi connectivity index (χ2v) is 9.57. The second-order valence-electron chi connectivity index (χ2n) is 7.35. The van der Waals surface area contributed by atoms with Crippen molar-refractivity contribution in [1.29, 1.82) is 0 Å². The average Bonchev–Trinajstić information content (AvgIpc) is 2.73. The monoisotopic (exact) mass is 374 g/mol. The predicted octanol–water partition coefficient (Wildman–Crippen LogP) is 6.52. The molecule has 0 heterocycles. The molecule has 0 N–H and O–H groups in total. The van der Waals surface area contributed by atoms with Gasteiger partial charge in [0.25, 0.3) is 0 Å². The molecule has 3 rings (SSSR count). The molecule has 0 saturated heterocycles. The molecule has 0 aliphatic heterocycles. The molecule has 0 spiro atoms. The maximum absolute atomic E-state index is 2.37. The van der Waals surface area contributed by atoms with Gasteiger partial charge in [0.05, 0.1) is 0 Å². The van der Waals surface area contributed by atoms with Crippen molar-refractivity contribution in [1.82, 2.24) is 0 Å².